The van der Waals surface area contributed by atoms with Crippen molar-refractivity contribution < 1.29 is 19.8 Å². The largest absolute Gasteiger partial charge is 0.480 e. The number of nitrogens with zero attached hydrogens (tertiary/aromatic N) is 1. The van der Waals surface area contributed by atoms with Crippen molar-refractivity contribution in [2.75, 3.05) is 0 Å². The van der Waals surface area contributed by atoms with Gasteiger partial charge >= 0.3 is 11.9 Å². The first-order chi connectivity index (χ1) is 12.5. The van der Waals surface area contributed by atoms with Gasteiger partial charge in [-0.2, -0.15) is 0 Å². The quantitative estimate of drug-likeness (QED) is 0.689. The van der Waals surface area contributed by atoms with Crippen LogP contribution in [0.25, 0.3) is 10.9 Å². The molecule has 0 bridgehead atoms. The Labute approximate surface area is 150 Å². The minimum absolute atomic E-state index is 0.137. The van der Waals surface area contributed by atoms with Crippen molar-refractivity contribution in [1.29, 1.82) is 0 Å². The molecule has 26 heavy (non-hydrogen) atoms. The molecule has 132 valence electrons. The zero-order chi connectivity index (χ0) is 18.5. The van der Waals surface area contributed by atoms with Crippen molar-refractivity contribution in [2.45, 2.75) is 25.8 Å². The van der Waals surface area contributed by atoms with Gasteiger partial charge in [-0.1, -0.05) is 48.5 Å². The van der Waals surface area contributed by atoms with Crippen LogP contribution in [-0.4, -0.2) is 26.7 Å². The summed E-state index contributed by atoms with van der Waals surface area (Å²) in [6.07, 6.45) is 0.137. The molecule has 1 aromatic heterocycles. The smallest absolute Gasteiger partial charge is 0.321 e. The van der Waals surface area contributed by atoms with Gasteiger partial charge in [0, 0.05) is 29.1 Å². The molecular formula is C21H19NO4. The number of hydrogen-bond acceptors (Lipinski definition) is 2. The van der Waals surface area contributed by atoms with Gasteiger partial charge in [-0.3, -0.25) is 9.59 Å². The molecule has 5 nitrogen and oxygen atoms in total. The van der Waals surface area contributed by atoms with Crippen molar-refractivity contribution >= 4 is 22.8 Å². The monoisotopic (exact) mass is 349 g/mol. The third-order valence-corrected chi connectivity index (χ3v) is 5.54. The minimum Gasteiger partial charge on any atom is -0.480 e. The van der Waals surface area contributed by atoms with E-state index in [9.17, 15) is 19.8 Å². The number of carboxylic acids is 2. The molecule has 5 heteroatoms. The van der Waals surface area contributed by atoms with Crippen molar-refractivity contribution in [3.05, 3.63) is 71.4 Å². The lowest BCUT2D eigenvalue weighted by Gasteiger charge is -2.10. The number of aliphatic carboxylic acids is 2. The zero-order valence-electron chi connectivity index (χ0n) is 14.3. The van der Waals surface area contributed by atoms with Crippen LogP contribution in [0.5, 0.6) is 0 Å². The number of hydrogen-bond donors (Lipinski definition) is 2. The zero-order valence-corrected chi connectivity index (χ0v) is 14.3. The van der Waals surface area contributed by atoms with Crippen LogP contribution in [0.3, 0.4) is 0 Å². The van der Waals surface area contributed by atoms with Crippen LogP contribution >= 0.6 is 0 Å². The minimum atomic E-state index is -1.70. The average molecular weight is 349 g/mol. The second-order valence-corrected chi connectivity index (χ2v) is 6.93. The van der Waals surface area contributed by atoms with Crippen LogP contribution in [-0.2, 0) is 16.1 Å². The first-order valence-corrected chi connectivity index (χ1v) is 8.55. The summed E-state index contributed by atoms with van der Waals surface area (Å²) in [6.45, 7) is 2.61. The maximum absolute atomic E-state index is 11.7. The summed E-state index contributed by atoms with van der Waals surface area (Å²) in [5.74, 6) is -3.01. The molecule has 2 aromatic carbocycles. The number of rotatable bonds is 5. The number of aromatic nitrogens is 1. The number of benzene rings is 2. The van der Waals surface area contributed by atoms with Gasteiger partial charge in [-0.15, -0.1) is 0 Å². The molecule has 2 N–H and O–H groups in total. The van der Waals surface area contributed by atoms with Gasteiger partial charge in [0.1, 0.15) is 0 Å². The van der Waals surface area contributed by atoms with Crippen molar-refractivity contribution in [3.8, 4) is 0 Å². The predicted octanol–water partition coefficient (Wildman–Crippen LogP) is 3.64. The van der Waals surface area contributed by atoms with E-state index in [0.29, 0.717) is 6.54 Å². The molecule has 1 heterocycles. The molecular weight excluding hydrogens is 330 g/mol. The molecule has 3 aromatic rings. The molecule has 0 saturated heterocycles. The number of carboxylic acid groups (broad SMARTS) is 2. The van der Waals surface area contributed by atoms with Gasteiger partial charge in [-0.25, -0.2) is 0 Å². The fraction of sp³-hybridized carbons (Fsp3) is 0.238. The van der Waals surface area contributed by atoms with E-state index in [0.717, 1.165) is 27.7 Å². The van der Waals surface area contributed by atoms with E-state index in [1.165, 1.54) is 0 Å². The molecule has 1 atom stereocenters. The Morgan fingerprint density at radius 3 is 2.27 bits per heavy atom. The molecule has 1 saturated carbocycles. The topological polar surface area (TPSA) is 79.5 Å². The highest BCUT2D eigenvalue weighted by Crippen LogP contribution is 2.61. The summed E-state index contributed by atoms with van der Waals surface area (Å²) in [4.78, 5) is 23.3. The van der Waals surface area contributed by atoms with Crippen LogP contribution in [0.2, 0.25) is 0 Å². The molecule has 0 aliphatic heterocycles. The van der Waals surface area contributed by atoms with Crippen LogP contribution in [0.15, 0.2) is 54.6 Å². The number of fused-ring (bicyclic) bond motifs is 1. The molecule has 0 radical (unpaired) electrons. The van der Waals surface area contributed by atoms with Gasteiger partial charge in [-0.05, 0) is 30.5 Å². The molecule has 1 fully saturated rings. The van der Waals surface area contributed by atoms with Crippen molar-refractivity contribution in [1.82, 2.24) is 4.57 Å². The molecule has 0 amide bonds. The lowest BCUT2D eigenvalue weighted by atomic mass is 9.97. The van der Waals surface area contributed by atoms with Crippen molar-refractivity contribution in [3.63, 3.8) is 0 Å². The summed E-state index contributed by atoms with van der Waals surface area (Å²) in [5.41, 5.74) is 2.22. The summed E-state index contributed by atoms with van der Waals surface area (Å²) < 4.78 is 2.15. The first-order valence-electron chi connectivity index (χ1n) is 8.55. The van der Waals surface area contributed by atoms with Crippen LogP contribution < -0.4 is 0 Å². The normalized spacial score (nSPS) is 18.0. The highest BCUT2D eigenvalue weighted by Gasteiger charge is 2.68. The predicted molar refractivity (Wildman–Crippen MR) is 97.3 cm³/mol. The van der Waals surface area contributed by atoms with E-state index in [4.69, 9.17) is 0 Å². The second-order valence-electron chi connectivity index (χ2n) is 6.93. The maximum atomic E-state index is 11.7. The van der Waals surface area contributed by atoms with Gasteiger partial charge in [0.15, 0.2) is 5.41 Å². The fourth-order valence-corrected chi connectivity index (χ4v) is 4.04. The Balaban J connectivity index is 1.86. The van der Waals surface area contributed by atoms with E-state index in [1.54, 1.807) is 0 Å². The molecule has 4 rings (SSSR count). The Kier molecular flexibility index (Phi) is 3.61. The highest BCUT2D eigenvalue weighted by molar-refractivity contribution is 6.05. The first kappa shape index (κ1) is 16.4. The van der Waals surface area contributed by atoms with E-state index >= 15 is 0 Å². The fourth-order valence-electron chi connectivity index (χ4n) is 4.04. The second kappa shape index (κ2) is 5.73. The van der Waals surface area contributed by atoms with Crippen LogP contribution in [0, 0.1) is 12.3 Å². The Bertz CT molecular complexity index is 1010. The Hall–Kier alpha value is -3.08. The third kappa shape index (κ3) is 2.24. The number of para-hydroxylation sites is 1. The molecule has 1 unspecified atom stereocenters. The van der Waals surface area contributed by atoms with Crippen molar-refractivity contribution in [2.24, 2.45) is 5.41 Å². The highest BCUT2D eigenvalue weighted by atomic mass is 16.4. The standard InChI is InChI=1S/C21H19NO4/c1-13-18(16-11-21(16,19(23)24)20(25)26)15-9-5-6-10-17(15)22(13)12-14-7-3-2-4-8-14/h2-10,16H,11-12H2,1H3,(H,23,24)(H,25,26). The lowest BCUT2D eigenvalue weighted by molar-refractivity contribution is -0.157. The maximum Gasteiger partial charge on any atom is 0.321 e. The SMILES string of the molecule is Cc1c(C2CC2(C(=O)O)C(=O)O)c2ccccc2n1Cc1ccccc1. The Morgan fingerprint density at radius 2 is 1.65 bits per heavy atom. The summed E-state index contributed by atoms with van der Waals surface area (Å²) in [6, 6.07) is 17.8. The van der Waals surface area contributed by atoms with Gasteiger partial charge in [0.2, 0.25) is 0 Å². The van der Waals surface area contributed by atoms with E-state index in [-0.39, 0.29) is 6.42 Å². The lowest BCUT2D eigenvalue weighted by Crippen LogP contribution is -2.27. The average Bonchev–Trinajstić information content (AvgIpc) is 3.32. The van der Waals surface area contributed by atoms with E-state index in [2.05, 4.69) is 4.57 Å². The van der Waals surface area contributed by atoms with E-state index in [1.807, 2.05) is 61.5 Å². The molecule has 1 aliphatic rings. The summed E-state index contributed by atoms with van der Waals surface area (Å²) in [7, 11) is 0. The van der Waals surface area contributed by atoms with Gasteiger partial charge in [0.25, 0.3) is 0 Å². The molecule has 0 spiro atoms. The van der Waals surface area contributed by atoms with Crippen LogP contribution in [0.4, 0.5) is 0 Å². The molecule has 1 aliphatic carbocycles. The Morgan fingerprint density at radius 1 is 1.04 bits per heavy atom. The van der Waals surface area contributed by atoms with Crippen LogP contribution in [0.1, 0.15) is 29.2 Å². The van der Waals surface area contributed by atoms with Gasteiger partial charge in [0.05, 0.1) is 0 Å². The van der Waals surface area contributed by atoms with Gasteiger partial charge < -0.3 is 14.8 Å². The third-order valence-electron chi connectivity index (χ3n) is 5.54. The van der Waals surface area contributed by atoms with E-state index < -0.39 is 23.3 Å². The number of carbonyl (C=O) groups is 2. The summed E-state index contributed by atoms with van der Waals surface area (Å²) in [5, 5.41) is 20.0. The summed E-state index contributed by atoms with van der Waals surface area (Å²) >= 11 is 0.